The van der Waals surface area contributed by atoms with Crippen molar-refractivity contribution in [3.05, 3.63) is 18.2 Å². The predicted molar refractivity (Wildman–Crippen MR) is 84.9 cm³/mol. The normalized spacial score (nSPS) is 19.9. The van der Waals surface area contributed by atoms with Gasteiger partial charge in [0.2, 0.25) is 0 Å². The minimum Gasteiger partial charge on any atom is -0.486 e. The van der Waals surface area contributed by atoms with Gasteiger partial charge in [0.15, 0.2) is 11.5 Å². The van der Waals surface area contributed by atoms with Gasteiger partial charge in [-0.2, -0.15) is 0 Å². The number of anilines is 1. The van der Waals surface area contributed by atoms with Crippen LogP contribution < -0.4 is 25.0 Å². The Bertz CT molecular complexity index is 535. The molecule has 1 fully saturated rings. The van der Waals surface area contributed by atoms with Gasteiger partial charge in [0.05, 0.1) is 5.69 Å². The van der Waals surface area contributed by atoms with Gasteiger partial charge in [-0.25, -0.2) is 4.79 Å². The van der Waals surface area contributed by atoms with Crippen LogP contribution in [0.1, 0.15) is 19.8 Å². The van der Waals surface area contributed by atoms with E-state index < -0.39 is 0 Å². The van der Waals surface area contributed by atoms with E-state index in [1.54, 1.807) is 0 Å². The van der Waals surface area contributed by atoms with E-state index in [0.717, 1.165) is 43.1 Å². The molecule has 22 heavy (non-hydrogen) atoms. The number of ether oxygens (including phenoxy) is 2. The topological polar surface area (TPSA) is 62.8 Å². The number of nitrogens with one attached hydrogen (secondary N) is 2. The summed E-state index contributed by atoms with van der Waals surface area (Å²) in [6.07, 6.45) is 1.88. The predicted octanol–water partition coefficient (Wildman–Crippen LogP) is 1.75. The van der Waals surface area contributed by atoms with Crippen LogP contribution in [0, 0.1) is 0 Å². The van der Waals surface area contributed by atoms with E-state index in [0.29, 0.717) is 19.8 Å². The van der Waals surface area contributed by atoms with Gasteiger partial charge >= 0.3 is 6.03 Å². The lowest BCUT2D eigenvalue weighted by atomic mass is 10.2. The molecule has 2 heterocycles. The van der Waals surface area contributed by atoms with E-state index >= 15 is 0 Å². The number of hydrogen-bond donors (Lipinski definition) is 2. The highest BCUT2D eigenvalue weighted by atomic mass is 16.6. The van der Waals surface area contributed by atoms with Crippen molar-refractivity contribution in [3.63, 3.8) is 0 Å². The van der Waals surface area contributed by atoms with Crippen molar-refractivity contribution in [2.24, 2.45) is 0 Å². The molecule has 0 saturated carbocycles. The summed E-state index contributed by atoms with van der Waals surface area (Å²) in [6, 6.07) is 6.05. The molecular weight excluding hydrogens is 282 g/mol. The van der Waals surface area contributed by atoms with Crippen LogP contribution in [0.15, 0.2) is 18.2 Å². The molecule has 6 heteroatoms. The number of rotatable bonds is 4. The molecule has 0 radical (unpaired) electrons. The van der Waals surface area contributed by atoms with Crippen molar-refractivity contribution in [1.29, 1.82) is 0 Å². The molecule has 0 bridgehead atoms. The van der Waals surface area contributed by atoms with E-state index in [-0.39, 0.29) is 12.1 Å². The van der Waals surface area contributed by atoms with Crippen LogP contribution in [-0.2, 0) is 0 Å². The molecule has 2 N–H and O–H groups in total. The molecule has 1 aromatic rings. The van der Waals surface area contributed by atoms with Crippen molar-refractivity contribution in [3.8, 4) is 11.5 Å². The smallest absolute Gasteiger partial charge is 0.315 e. The number of carbonyl (C=O) groups is 1. The number of amides is 2. The minimum atomic E-state index is -0.0802. The molecule has 1 atom stereocenters. The van der Waals surface area contributed by atoms with E-state index in [1.165, 1.54) is 0 Å². The Morgan fingerprint density at radius 3 is 3.09 bits per heavy atom. The van der Waals surface area contributed by atoms with Crippen molar-refractivity contribution >= 4 is 11.7 Å². The Morgan fingerprint density at radius 2 is 2.23 bits per heavy atom. The fraction of sp³-hybridized carbons (Fsp3) is 0.562. The lowest BCUT2D eigenvalue weighted by Crippen LogP contribution is -2.43. The molecule has 2 amide bonds. The standard InChI is InChI=1S/C16H23N3O3/c1-2-7-17-16(20)18-12-6-8-19(11-12)13-4-3-5-14-15(13)22-10-9-21-14/h3-5,12H,2,6-11H2,1H3,(H2,17,18,20). The monoisotopic (exact) mass is 305 g/mol. The highest BCUT2D eigenvalue weighted by Gasteiger charge is 2.27. The van der Waals surface area contributed by atoms with Gasteiger partial charge < -0.3 is 25.0 Å². The van der Waals surface area contributed by atoms with Crippen LogP contribution in [0.25, 0.3) is 0 Å². The summed E-state index contributed by atoms with van der Waals surface area (Å²) in [7, 11) is 0. The molecule has 1 saturated heterocycles. The molecular formula is C16H23N3O3. The minimum absolute atomic E-state index is 0.0802. The van der Waals surface area contributed by atoms with Crippen LogP contribution in [0.3, 0.4) is 0 Å². The number of hydrogen-bond acceptors (Lipinski definition) is 4. The van der Waals surface area contributed by atoms with Gasteiger partial charge in [0.1, 0.15) is 13.2 Å². The third kappa shape index (κ3) is 3.21. The summed E-state index contributed by atoms with van der Waals surface area (Å²) < 4.78 is 11.4. The Hall–Kier alpha value is -2.11. The number of urea groups is 1. The average molecular weight is 305 g/mol. The van der Waals surface area contributed by atoms with Crippen molar-refractivity contribution < 1.29 is 14.3 Å². The molecule has 6 nitrogen and oxygen atoms in total. The van der Waals surface area contributed by atoms with E-state index in [2.05, 4.69) is 15.5 Å². The molecule has 1 unspecified atom stereocenters. The fourth-order valence-corrected chi connectivity index (χ4v) is 2.88. The van der Waals surface area contributed by atoms with Crippen LogP contribution in [-0.4, -0.2) is 44.9 Å². The highest BCUT2D eigenvalue weighted by molar-refractivity contribution is 5.74. The van der Waals surface area contributed by atoms with Crippen LogP contribution in [0.2, 0.25) is 0 Å². The van der Waals surface area contributed by atoms with Crippen LogP contribution in [0.4, 0.5) is 10.5 Å². The Labute approximate surface area is 130 Å². The molecule has 2 aliphatic heterocycles. The molecule has 0 spiro atoms. The molecule has 120 valence electrons. The maximum atomic E-state index is 11.7. The van der Waals surface area contributed by atoms with E-state index in [1.807, 2.05) is 25.1 Å². The molecule has 0 aromatic heterocycles. The lowest BCUT2D eigenvalue weighted by molar-refractivity contribution is 0.172. The van der Waals surface area contributed by atoms with Crippen molar-refractivity contribution in [2.45, 2.75) is 25.8 Å². The lowest BCUT2D eigenvalue weighted by Gasteiger charge is -2.26. The highest BCUT2D eigenvalue weighted by Crippen LogP contribution is 2.40. The van der Waals surface area contributed by atoms with Gasteiger partial charge in [0.25, 0.3) is 0 Å². The number of para-hydroxylation sites is 1. The first-order chi connectivity index (χ1) is 10.8. The number of benzene rings is 1. The maximum Gasteiger partial charge on any atom is 0.315 e. The first-order valence-electron chi connectivity index (χ1n) is 7.96. The second-order valence-corrected chi connectivity index (χ2v) is 5.63. The average Bonchev–Trinajstić information content (AvgIpc) is 3.00. The quantitative estimate of drug-likeness (QED) is 0.889. The van der Waals surface area contributed by atoms with Gasteiger partial charge in [-0.05, 0) is 25.0 Å². The first-order valence-corrected chi connectivity index (χ1v) is 7.96. The SMILES string of the molecule is CCCNC(=O)NC1CCN(c2cccc3c2OCCO3)C1. The Kier molecular flexibility index (Phi) is 4.56. The molecule has 3 rings (SSSR count). The maximum absolute atomic E-state index is 11.7. The second-order valence-electron chi connectivity index (χ2n) is 5.63. The largest absolute Gasteiger partial charge is 0.486 e. The van der Waals surface area contributed by atoms with Gasteiger partial charge in [-0.15, -0.1) is 0 Å². The fourth-order valence-electron chi connectivity index (χ4n) is 2.88. The molecule has 0 aliphatic carbocycles. The van der Waals surface area contributed by atoms with Gasteiger partial charge in [-0.3, -0.25) is 0 Å². The summed E-state index contributed by atoms with van der Waals surface area (Å²) >= 11 is 0. The summed E-state index contributed by atoms with van der Waals surface area (Å²) in [6.45, 7) is 5.62. The van der Waals surface area contributed by atoms with Crippen molar-refractivity contribution in [1.82, 2.24) is 10.6 Å². The second kappa shape index (κ2) is 6.77. The van der Waals surface area contributed by atoms with E-state index in [9.17, 15) is 4.79 Å². The Morgan fingerprint density at radius 1 is 1.36 bits per heavy atom. The zero-order valence-electron chi connectivity index (χ0n) is 12.9. The third-order valence-electron chi connectivity index (χ3n) is 3.95. The summed E-state index contributed by atoms with van der Waals surface area (Å²) in [4.78, 5) is 14.0. The number of carbonyl (C=O) groups excluding carboxylic acids is 1. The van der Waals surface area contributed by atoms with Gasteiger partial charge in [-0.1, -0.05) is 13.0 Å². The number of fused-ring (bicyclic) bond motifs is 1. The van der Waals surface area contributed by atoms with Gasteiger partial charge in [0, 0.05) is 25.7 Å². The zero-order valence-corrected chi connectivity index (χ0v) is 12.9. The summed E-state index contributed by atoms with van der Waals surface area (Å²) in [5.74, 6) is 1.63. The number of nitrogens with zero attached hydrogens (tertiary/aromatic N) is 1. The third-order valence-corrected chi connectivity index (χ3v) is 3.95. The van der Waals surface area contributed by atoms with Crippen LogP contribution >= 0.6 is 0 Å². The zero-order chi connectivity index (χ0) is 15.4. The summed E-state index contributed by atoms with van der Waals surface area (Å²) in [5.41, 5.74) is 1.05. The first kappa shape index (κ1) is 14.8. The summed E-state index contributed by atoms with van der Waals surface area (Å²) in [5, 5.41) is 5.88. The van der Waals surface area contributed by atoms with E-state index in [4.69, 9.17) is 9.47 Å². The van der Waals surface area contributed by atoms with Crippen molar-refractivity contribution in [2.75, 3.05) is 37.7 Å². The van der Waals surface area contributed by atoms with Crippen LogP contribution in [0.5, 0.6) is 11.5 Å². The molecule has 2 aliphatic rings. The molecule has 1 aromatic carbocycles. The Balaban J connectivity index is 1.62.